The summed E-state index contributed by atoms with van der Waals surface area (Å²) in [6, 6.07) is 0. The molecule has 0 radical (unpaired) electrons. The molecule has 0 spiro atoms. The molecule has 0 aromatic carbocycles. The first-order valence-electron chi connectivity index (χ1n) is 2.41. The molecule has 0 saturated carbocycles. The second-order valence-electron chi connectivity index (χ2n) is 2.04. The van der Waals surface area contributed by atoms with Crippen molar-refractivity contribution < 1.29 is 0 Å². The molecule has 0 rings (SSSR count). The molecule has 0 heterocycles. The third-order valence-electron chi connectivity index (χ3n) is 0.617. The third-order valence-corrected chi connectivity index (χ3v) is 0.755. The highest BCUT2D eigenvalue weighted by Gasteiger charge is 1.94. The summed E-state index contributed by atoms with van der Waals surface area (Å²) in [7, 11) is 4.03. The van der Waals surface area contributed by atoms with Crippen LogP contribution in [0.1, 0.15) is 6.92 Å². The molecule has 0 N–H and O–H groups in total. The van der Waals surface area contributed by atoms with E-state index < -0.39 is 0 Å². The molecular weight excluding hydrogens is 145 g/mol. The van der Waals surface area contributed by atoms with E-state index in [0.29, 0.717) is 0 Å². The van der Waals surface area contributed by atoms with Gasteiger partial charge in [-0.1, -0.05) is 0 Å². The Labute approximate surface area is 62.4 Å². The maximum atomic E-state index is 5.63. The van der Waals surface area contributed by atoms with Crippen LogP contribution in [0.3, 0.4) is 0 Å². The molecule has 0 aliphatic rings. The van der Waals surface area contributed by atoms with Gasteiger partial charge in [0.25, 0.3) is 0 Å². The Hall–Kier alpha value is 0.540. The molecule has 52 valence electrons. The van der Waals surface area contributed by atoms with Gasteiger partial charge in [0.2, 0.25) is 0 Å². The van der Waals surface area contributed by atoms with Crippen molar-refractivity contribution in [3.63, 3.8) is 0 Å². The van der Waals surface area contributed by atoms with Crippen molar-refractivity contribution in [2.45, 2.75) is 12.3 Å². The Balaban J connectivity index is 0. The molecule has 0 aliphatic heterocycles. The van der Waals surface area contributed by atoms with E-state index in [9.17, 15) is 0 Å². The minimum atomic E-state index is 0. The summed E-state index contributed by atoms with van der Waals surface area (Å²) in [5, 5.41) is 0.273. The maximum Gasteiger partial charge on any atom is 0.0434 e. The van der Waals surface area contributed by atoms with Crippen LogP contribution in [0, 0.1) is 0 Å². The van der Waals surface area contributed by atoms with Gasteiger partial charge in [0, 0.05) is 11.9 Å². The van der Waals surface area contributed by atoms with E-state index in [1.54, 1.807) is 0 Å². The van der Waals surface area contributed by atoms with Crippen LogP contribution in [0.4, 0.5) is 0 Å². The van der Waals surface area contributed by atoms with E-state index in [2.05, 4.69) is 4.90 Å². The van der Waals surface area contributed by atoms with Crippen LogP contribution in [-0.4, -0.2) is 30.9 Å². The Kier molecular flexibility index (Phi) is 8.05. The van der Waals surface area contributed by atoms with Crippen LogP contribution in [0.15, 0.2) is 0 Å². The number of halogens is 2. The van der Waals surface area contributed by atoms with Crippen molar-refractivity contribution in [1.29, 1.82) is 0 Å². The molecule has 0 amide bonds. The fourth-order valence-corrected chi connectivity index (χ4v) is 0.779. The average Bonchev–Trinajstić information content (AvgIpc) is 1.27. The topological polar surface area (TPSA) is 3.24 Å². The Morgan fingerprint density at radius 3 is 1.88 bits per heavy atom. The van der Waals surface area contributed by atoms with Crippen molar-refractivity contribution in [2.24, 2.45) is 0 Å². The van der Waals surface area contributed by atoms with Gasteiger partial charge in [-0.25, -0.2) is 0 Å². The summed E-state index contributed by atoms with van der Waals surface area (Å²) < 4.78 is 0. The molecule has 8 heavy (non-hydrogen) atoms. The largest absolute Gasteiger partial charge is 0.308 e. The predicted octanol–water partition coefficient (Wildman–Crippen LogP) is 1.60. The van der Waals surface area contributed by atoms with Gasteiger partial charge in [0.15, 0.2) is 0 Å². The Bertz CT molecular complexity index is 39.7. The average molecular weight is 158 g/mol. The molecule has 0 aromatic heterocycles. The van der Waals surface area contributed by atoms with Crippen molar-refractivity contribution in [1.82, 2.24) is 4.90 Å². The highest BCUT2D eigenvalue weighted by Crippen LogP contribution is 1.92. The molecule has 0 aliphatic carbocycles. The Morgan fingerprint density at radius 2 is 1.88 bits per heavy atom. The minimum Gasteiger partial charge on any atom is -0.308 e. The SMILES string of the molecule is C[C@@H](Cl)CN(C)C.Cl. The van der Waals surface area contributed by atoms with Gasteiger partial charge in [-0.3, -0.25) is 0 Å². The summed E-state index contributed by atoms with van der Waals surface area (Å²) in [5.74, 6) is 0. The van der Waals surface area contributed by atoms with Gasteiger partial charge in [0.1, 0.15) is 0 Å². The second kappa shape index (κ2) is 5.67. The zero-order valence-electron chi connectivity index (χ0n) is 5.52. The number of nitrogens with zero attached hydrogens (tertiary/aromatic N) is 1. The zero-order chi connectivity index (χ0) is 5.86. The van der Waals surface area contributed by atoms with Crippen LogP contribution < -0.4 is 0 Å². The van der Waals surface area contributed by atoms with Crippen LogP contribution in [0.2, 0.25) is 0 Å². The first-order chi connectivity index (χ1) is 3.13. The van der Waals surface area contributed by atoms with Gasteiger partial charge < -0.3 is 4.90 Å². The van der Waals surface area contributed by atoms with E-state index in [1.807, 2.05) is 21.0 Å². The minimum absolute atomic E-state index is 0. The summed E-state index contributed by atoms with van der Waals surface area (Å²) >= 11 is 5.63. The normalized spacial score (nSPS) is 13.1. The lowest BCUT2D eigenvalue weighted by atomic mass is 10.4. The first kappa shape index (κ1) is 11.4. The number of rotatable bonds is 2. The van der Waals surface area contributed by atoms with E-state index in [4.69, 9.17) is 11.6 Å². The highest BCUT2D eigenvalue weighted by atomic mass is 35.5. The lowest BCUT2D eigenvalue weighted by Gasteiger charge is -2.09. The van der Waals surface area contributed by atoms with Gasteiger partial charge in [-0.2, -0.15) is 0 Å². The summed E-state index contributed by atoms with van der Waals surface area (Å²) in [5.41, 5.74) is 0. The number of alkyl halides is 1. The fourth-order valence-electron chi connectivity index (χ4n) is 0.503. The van der Waals surface area contributed by atoms with Crippen LogP contribution in [0.25, 0.3) is 0 Å². The molecule has 1 nitrogen and oxygen atoms in total. The molecule has 1 atom stereocenters. The van der Waals surface area contributed by atoms with Gasteiger partial charge in [0.05, 0.1) is 0 Å². The lowest BCUT2D eigenvalue weighted by Crippen LogP contribution is -2.19. The van der Waals surface area contributed by atoms with Gasteiger partial charge in [-0.15, -0.1) is 24.0 Å². The van der Waals surface area contributed by atoms with E-state index in [-0.39, 0.29) is 17.8 Å². The van der Waals surface area contributed by atoms with Crippen molar-refractivity contribution in [3.8, 4) is 0 Å². The smallest absolute Gasteiger partial charge is 0.0434 e. The quantitative estimate of drug-likeness (QED) is 0.551. The van der Waals surface area contributed by atoms with Crippen LogP contribution in [-0.2, 0) is 0 Å². The zero-order valence-corrected chi connectivity index (χ0v) is 7.09. The first-order valence-corrected chi connectivity index (χ1v) is 2.85. The molecule has 0 bridgehead atoms. The lowest BCUT2D eigenvalue weighted by molar-refractivity contribution is 0.411. The monoisotopic (exact) mass is 157 g/mol. The maximum absolute atomic E-state index is 5.63. The van der Waals surface area contributed by atoms with E-state index in [0.717, 1.165) is 6.54 Å². The van der Waals surface area contributed by atoms with Gasteiger partial charge >= 0.3 is 0 Å². The number of hydrogen-bond donors (Lipinski definition) is 0. The van der Waals surface area contributed by atoms with Crippen molar-refractivity contribution in [3.05, 3.63) is 0 Å². The summed E-state index contributed by atoms with van der Waals surface area (Å²) in [4.78, 5) is 2.07. The third kappa shape index (κ3) is 9.74. The molecule has 0 saturated heterocycles. The summed E-state index contributed by atoms with van der Waals surface area (Å²) in [6.45, 7) is 2.95. The second-order valence-corrected chi connectivity index (χ2v) is 2.79. The molecule has 0 unspecified atom stereocenters. The predicted molar refractivity (Wildman–Crippen MR) is 41.1 cm³/mol. The molecule has 0 fully saturated rings. The number of hydrogen-bond acceptors (Lipinski definition) is 1. The molecule has 0 aromatic rings. The fraction of sp³-hybridized carbons (Fsp3) is 1.00. The van der Waals surface area contributed by atoms with Crippen molar-refractivity contribution in [2.75, 3.05) is 20.6 Å². The van der Waals surface area contributed by atoms with E-state index >= 15 is 0 Å². The van der Waals surface area contributed by atoms with Crippen molar-refractivity contribution >= 4 is 24.0 Å². The highest BCUT2D eigenvalue weighted by molar-refractivity contribution is 6.20. The summed E-state index contributed by atoms with van der Waals surface area (Å²) in [6.07, 6.45) is 0. The van der Waals surface area contributed by atoms with Crippen LogP contribution >= 0.6 is 24.0 Å². The standard InChI is InChI=1S/C5H12ClN.ClH/c1-5(6)4-7(2)3;/h5H,4H2,1-3H3;1H/t5-;/m1./s1. The van der Waals surface area contributed by atoms with Crippen LogP contribution in [0.5, 0.6) is 0 Å². The molecule has 3 heteroatoms. The van der Waals surface area contributed by atoms with E-state index in [1.165, 1.54) is 0 Å². The Morgan fingerprint density at radius 1 is 1.50 bits per heavy atom. The molecular formula is C5H13Cl2N. The van der Waals surface area contributed by atoms with Gasteiger partial charge in [-0.05, 0) is 21.0 Å².